The van der Waals surface area contributed by atoms with Crippen LogP contribution in [0.15, 0.2) is 90.0 Å². The fraction of sp³-hybridized carbons (Fsp3) is 0.212. The van der Waals surface area contributed by atoms with Crippen LogP contribution in [0, 0.1) is 0 Å². The number of hydrogen-bond donors (Lipinski definition) is 1. The smallest absolute Gasteiger partial charge is 0.268 e. The number of carbonyl (C=O) groups is 2. The SMILES string of the molecule is CCC(CCOC)Oc1ccc2c(C(=O)COc3cc4ccc(Cl)cc4cc3C(N)=O)cn(S(=O)(=O)c3ccccc3)c2c1. The molecule has 0 aliphatic rings. The predicted octanol–water partition coefficient (Wildman–Crippen LogP) is 6.24. The molecule has 2 N–H and O–H groups in total. The summed E-state index contributed by atoms with van der Waals surface area (Å²) in [7, 11) is -2.46. The first kappa shape index (κ1) is 31.1. The summed E-state index contributed by atoms with van der Waals surface area (Å²) < 4.78 is 45.8. The van der Waals surface area contributed by atoms with E-state index in [1.165, 1.54) is 18.3 Å². The predicted molar refractivity (Wildman–Crippen MR) is 169 cm³/mol. The number of methoxy groups -OCH3 is 1. The summed E-state index contributed by atoms with van der Waals surface area (Å²) in [5.41, 5.74) is 6.09. The lowest BCUT2D eigenvalue weighted by molar-refractivity contribution is 0.0913. The minimum absolute atomic E-state index is 0.0624. The first-order chi connectivity index (χ1) is 21.1. The number of rotatable bonds is 13. The molecule has 0 spiro atoms. The van der Waals surface area contributed by atoms with Gasteiger partial charge in [-0.05, 0) is 65.7 Å². The Kier molecular flexibility index (Phi) is 9.24. The zero-order chi connectivity index (χ0) is 31.4. The van der Waals surface area contributed by atoms with Crippen molar-refractivity contribution in [2.24, 2.45) is 5.73 Å². The van der Waals surface area contributed by atoms with Crippen molar-refractivity contribution in [3.05, 3.63) is 101 Å². The van der Waals surface area contributed by atoms with Crippen LogP contribution in [-0.2, 0) is 14.8 Å². The van der Waals surface area contributed by atoms with Crippen LogP contribution in [0.2, 0.25) is 5.02 Å². The number of nitrogens with zero attached hydrogens (tertiary/aromatic N) is 1. The van der Waals surface area contributed by atoms with E-state index in [2.05, 4.69) is 0 Å². The van der Waals surface area contributed by atoms with Crippen molar-refractivity contribution in [2.75, 3.05) is 20.3 Å². The highest BCUT2D eigenvalue weighted by Crippen LogP contribution is 2.32. The highest BCUT2D eigenvalue weighted by Gasteiger charge is 2.25. The highest BCUT2D eigenvalue weighted by atomic mass is 35.5. The molecular weight excluding hydrogens is 604 g/mol. The van der Waals surface area contributed by atoms with E-state index in [1.54, 1.807) is 73.8 Å². The molecule has 0 saturated heterocycles. The Morgan fingerprint density at radius 3 is 2.43 bits per heavy atom. The van der Waals surface area contributed by atoms with Crippen molar-refractivity contribution >= 4 is 55.0 Å². The number of ketones is 1. The second kappa shape index (κ2) is 13.1. The number of ether oxygens (including phenoxy) is 3. The molecule has 0 aliphatic carbocycles. The summed E-state index contributed by atoms with van der Waals surface area (Å²) in [6.45, 7) is 2.03. The number of Topliss-reactive ketones (excluding diaryl/α,β-unsaturated/α-hetero) is 1. The minimum atomic E-state index is -4.08. The molecule has 0 saturated carbocycles. The summed E-state index contributed by atoms with van der Waals surface area (Å²) in [4.78, 5) is 25.9. The molecule has 0 bridgehead atoms. The summed E-state index contributed by atoms with van der Waals surface area (Å²) >= 11 is 6.09. The highest BCUT2D eigenvalue weighted by molar-refractivity contribution is 7.90. The molecule has 4 aromatic carbocycles. The molecule has 0 aliphatic heterocycles. The fourth-order valence-electron chi connectivity index (χ4n) is 4.95. The third-order valence-corrected chi connectivity index (χ3v) is 9.19. The van der Waals surface area contributed by atoms with Gasteiger partial charge in [0.25, 0.3) is 15.9 Å². The number of halogens is 1. The van der Waals surface area contributed by atoms with Crippen LogP contribution in [0.5, 0.6) is 11.5 Å². The van der Waals surface area contributed by atoms with Gasteiger partial charge in [0.1, 0.15) is 17.6 Å². The Labute approximate surface area is 260 Å². The molecule has 9 nitrogen and oxygen atoms in total. The molecule has 11 heteroatoms. The van der Waals surface area contributed by atoms with Crippen LogP contribution in [0.3, 0.4) is 0 Å². The molecule has 5 rings (SSSR count). The summed E-state index contributed by atoms with van der Waals surface area (Å²) in [5.74, 6) is -0.647. The monoisotopic (exact) mass is 634 g/mol. The summed E-state index contributed by atoms with van der Waals surface area (Å²) in [6.07, 6.45) is 2.53. The van der Waals surface area contributed by atoms with Crippen LogP contribution < -0.4 is 15.2 Å². The van der Waals surface area contributed by atoms with Crippen molar-refractivity contribution in [3.63, 3.8) is 0 Å². The zero-order valence-electron chi connectivity index (χ0n) is 24.2. The number of nitrogens with two attached hydrogens (primary N) is 1. The van der Waals surface area contributed by atoms with Crippen LogP contribution in [-0.4, -0.2) is 50.5 Å². The average molecular weight is 635 g/mol. The van der Waals surface area contributed by atoms with Gasteiger partial charge in [-0.3, -0.25) is 9.59 Å². The molecule has 0 fully saturated rings. The lowest BCUT2D eigenvalue weighted by Crippen LogP contribution is -2.17. The molecule has 1 atom stereocenters. The van der Waals surface area contributed by atoms with Crippen LogP contribution >= 0.6 is 11.6 Å². The van der Waals surface area contributed by atoms with Gasteiger partial charge >= 0.3 is 0 Å². The number of hydrogen-bond acceptors (Lipinski definition) is 7. The number of aromatic nitrogens is 1. The summed E-state index contributed by atoms with van der Waals surface area (Å²) in [5, 5.41) is 2.31. The van der Waals surface area contributed by atoms with Crippen LogP contribution in [0.1, 0.15) is 40.5 Å². The van der Waals surface area contributed by atoms with Gasteiger partial charge in [0.2, 0.25) is 5.78 Å². The van der Waals surface area contributed by atoms with Gasteiger partial charge in [-0.1, -0.05) is 42.8 Å². The Bertz CT molecular complexity index is 1960. The Balaban J connectivity index is 1.53. The van der Waals surface area contributed by atoms with Gasteiger partial charge in [-0.15, -0.1) is 0 Å². The summed E-state index contributed by atoms with van der Waals surface area (Å²) in [6, 6.07) is 21.2. The lowest BCUT2D eigenvalue weighted by atomic mass is 10.1. The normalized spacial score (nSPS) is 12.3. The number of fused-ring (bicyclic) bond motifs is 2. The molecule has 0 radical (unpaired) electrons. The number of amides is 1. The molecule has 228 valence electrons. The second-order valence-corrected chi connectivity index (χ2v) is 12.4. The van der Waals surface area contributed by atoms with E-state index in [4.69, 9.17) is 31.5 Å². The zero-order valence-corrected chi connectivity index (χ0v) is 25.7. The second-order valence-electron chi connectivity index (χ2n) is 10.2. The van der Waals surface area contributed by atoms with E-state index in [9.17, 15) is 18.0 Å². The quantitative estimate of drug-likeness (QED) is 0.152. The molecule has 1 aromatic heterocycles. The number of benzene rings is 4. The maximum atomic E-state index is 13.8. The van der Waals surface area contributed by atoms with Crippen molar-refractivity contribution in [1.29, 1.82) is 0 Å². The largest absolute Gasteiger partial charge is 0.490 e. The fourth-order valence-corrected chi connectivity index (χ4v) is 6.51. The Morgan fingerprint density at radius 1 is 0.955 bits per heavy atom. The van der Waals surface area contributed by atoms with Gasteiger partial charge in [0, 0.05) is 48.4 Å². The minimum Gasteiger partial charge on any atom is -0.490 e. The molecule has 1 unspecified atom stereocenters. The molecule has 1 amide bonds. The Hall–Kier alpha value is -4.38. The molecule has 5 aromatic rings. The molecular formula is C33H31ClN2O7S. The van der Waals surface area contributed by atoms with Gasteiger partial charge in [0.05, 0.1) is 16.0 Å². The van der Waals surface area contributed by atoms with E-state index in [-0.39, 0.29) is 33.4 Å². The van der Waals surface area contributed by atoms with Crippen molar-refractivity contribution < 1.29 is 32.2 Å². The third kappa shape index (κ3) is 6.42. The van der Waals surface area contributed by atoms with Gasteiger partial charge in [-0.25, -0.2) is 12.4 Å². The lowest BCUT2D eigenvalue weighted by Gasteiger charge is -2.17. The maximum Gasteiger partial charge on any atom is 0.268 e. The topological polar surface area (TPSA) is 127 Å². The Morgan fingerprint density at radius 2 is 1.73 bits per heavy atom. The van der Waals surface area contributed by atoms with Gasteiger partial charge in [-0.2, -0.15) is 0 Å². The first-order valence-electron chi connectivity index (χ1n) is 13.9. The van der Waals surface area contributed by atoms with Crippen molar-refractivity contribution in [3.8, 4) is 11.5 Å². The number of carbonyl (C=O) groups excluding carboxylic acids is 2. The average Bonchev–Trinajstić information content (AvgIpc) is 3.41. The van der Waals surface area contributed by atoms with Gasteiger partial charge < -0.3 is 19.9 Å². The number of primary amides is 1. The van der Waals surface area contributed by atoms with E-state index >= 15 is 0 Å². The first-order valence-corrected chi connectivity index (χ1v) is 15.7. The third-order valence-electron chi connectivity index (χ3n) is 7.27. The van der Waals surface area contributed by atoms with E-state index in [1.807, 2.05) is 6.92 Å². The van der Waals surface area contributed by atoms with Crippen molar-refractivity contribution in [2.45, 2.75) is 30.8 Å². The maximum absolute atomic E-state index is 13.8. The van der Waals surface area contributed by atoms with Gasteiger partial charge in [0.15, 0.2) is 6.61 Å². The molecule has 1 heterocycles. The van der Waals surface area contributed by atoms with E-state index in [0.717, 1.165) is 15.8 Å². The molecule has 44 heavy (non-hydrogen) atoms. The van der Waals surface area contributed by atoms with Crippen LogP contribution in [0.4, 0.5) is 0 Å². The van der Waals surface area contributed by atoms with E-state index < -0.39 is 28.3 Å². The van der Waals surface area contributed by atoms with E-state index in [0.29, 0.717) is 34.6 Å². The standard InChI is InChI=1S/C33H31ClN2O7S/c1-3-24(13-14-41-2)43-25-11-12-27-29(19-36(30(27)18-25)44(39,40)26-7-5-4-6-8-26)31(37)20-42-32-17-21-9-10-23(34)15-22(21)16-28(32)33(35)38/h4-12,15-19,24H,3,13-14,20H2,1-2H3,(H2,35,38). The van der Waals surface area contributed by atoms with Crippen molar-refractivity contribution in [1.82, 2.24) is 3.97 Å². The van der Waals surface area contributed by atoms with Crippen LogP contribution in [0.25, 0.3) is 21.7 Å².